The van der Waals surface area contributed by atoms with E-state index in [2.05, 4.69) is 9.97 Å². The Balaban J connectivity index is 2.00. The van der Waals surface area contributed by atoms with E-state index in [1.54, 1.807) is 4.90 Å². The highest BCUT2D eigenvalue weighted by molar-refractivity contribution is 5.79. The summed E-state index contributed by atoms with van der Waals surface area (Å²) < 4.78 is 0. The van der Waals surface area contributed by atoms with Gasteiger partial charge in [0.1, 0.15) is 5.82 Å². The van der Waals surface area contributed by atoms with Gasteiger partial charge in [-0.3, -0.25) is 4.79 Å². The molecule has 114 valence electrons. The molecule has 1 amide bonds. The first kappa shape index (κ1) is 15.5. The number of aliphatic hydroxyl groups is 1. The normalized spacial score (nSPS) is 11.0. The number of nitrogens with zero attached hydrogens (tertiary/aromatic N) is 2. The number of para-hydroxylation sites is 1. The van der Waals surface area contributed by atoms with E-state index in [0.29, 0.717) is 25.9 Å². The minimum Gasteiger partial charge on any atom is -0.395 e. The molecule has 0 aliphatic carbocycles. The van der Waals surface area contributed by atoms with Gasteiger partial charge in [-0.2, -0.15) is 0 Å². The van der Waals surface area contributed by atoms with Crippen LogP contribution in [0.3, 0.4) is 0 Å². The molecule has 0 unspecified atom stereocenters. The summed E-state index contributed by atoms with van der Waals surface area (Å²) >= 11 is 0. The fraction of sp³-hybridized carbons (Fsp3) is 0.500. The Labute approximate surface area is 125 Å². The lowest BCUT2D eigenvalue weighted by Gasteiger charge is -2.20. The van der Waals surface area contributed by atoms with Gasteiger partial charge in [0.05, 0.1) is 17.6 Å². The molecule has 0 aliphatic heterocycles. The van der Waals surface area contributed by atoms with Gasteiger partial charge in [-0.15, -0.1) is 0 Å². The Bertz CT molecular complexity index is 601. The van der Waals surface area contributed by atoms with Gasteiger partial charge in [0.15, 0.2) is 0 Å². The Morgan fingerprint density at radius 1 is 1.38 bits per heavy atom. The number of aromatic nitrogens is 2. The molecule has 5 nitrogen and oxygen atoms in total. The van der Waals surface area contributed by atoms with Gasteiger partial charge < -0.3 is 15.0 Å². The van der Waals surface area contributed by atoms with Crippen molar-refractivity contribution in [3.8, 4) is 0 Å². The quantitative estimate of drug-likeness (QED) is 0.819. The van der Waals surface area contributed by atoms with Crippen molar-refractivity contribution in [1.82, 2.24) is 14.9 Å². The van der Waals surface area contributed by atoms with Crippen molar-refractivity contribution in [3.63, 3.8) is 0 Å². The summed E-state index contributed by atoms with van der Waals surface area (Å²) in [4.78, 5) is 21.7. The van der Waals surface area contributed by atoms with Crippen LogP contribution in [0.1, 0.15) is 31.2 Å². The van der Waals surface area contributed by atoms with Crippen LogP contribution >= 0.6 is 0 Å². The van der Waals surface area contributed by atoms with Gasteiger partial charge in [-0.25, -0.2) is 4.98 Å². The number of carbonyl (C=O) groups excluding carboxylic acids is 1. The van der Waals surface area contributed by atoms with E-state index in [1.807, 2.05) is 32.0 Å². The largest absolute Gasteiger partial charge is 0.395 e. The second-order valence-corrected chi connectivity index (χ2v) is 5.26. The molecule has 0 saturated heterocycles. The van der Waals surface area contributed by atoms with Crippen molar-refractivity contribution in [2.45, 2.75) is 33.1 Å². The average molecular weight is 289 g/mol. The molecule has 2 N–H and O–H groups in total. The number of benzene rings is 1. The first-order valence-corrected chi connectivity index (χ1v) is 7.48. The van der Waals surface area contributed by atoms with E-state index in [9.17, 15) is 4.79 Å². The van der Waals surface area contributed by atoms with Crippen LogP contribution in [0.2, 0.25) is 0 Å². The van der Waals surface area contributed by atoms with Crippen LogP contribution in [-0.4, -0.2) is 45.6 Å². The molecule has 1 aromatic carbocycles. The third kappa shape index (κ3) is 3.82. The Morgan fingerprint density at radius 2 is 2.19 bits per heavy atom. The van der Waals surface area contributed by atoms with Crippen molar-refractivity contribution in [2.75, 3.05) is 19.7 Å². The van der Waals surface area contributed by atoms with E-state index in [4.69, 9.17) is 5.11 Å². The molecule has 1 aromatic heterocycles. The monoisotopic (exact) mass is 289 g/mol. The minimum atomic E-state index is 0.00950. The second kappa shape index (κ2) is 7.22. The number of hydrogen-bond donors (Lipinski definition) is 2. The first-order chi connectivity index (χ1) is 10.2. The summed E-state index contributed by atoms with van der Waals surface area (Å²) in [6.07, 6.45) is 1.91. The van der Waals surface area contributed by atoms with Crippen molar-refractivity contribution >= 4 is 16.9 Å². The number of amides is 1. The molecule has 2 aromatic rings. The smallest absolute Gasteiger partial charge is 0.223 e. The molecule has 0 aliphatic rings. The number of aromatic amines is 1. The van der Waals surface area contributed by atoms with E-state index >= 15 is 0 Å². The van der Waals surface area contributed by atoms with E-state index < -0.39 is 0 Å². The Morgan fingerprint density at radius 3 is 2.86 bits per heavy atom. The zero-order valence-electron chi connectivity index (χ0n) is 12.7. The van der Waals surface area contributed by atoms with Gasteiger partial charge in [0, 0.05) is 25.9 Å². The zero-order chi connectivity index (χ0) is 15.2. The maximum Gasteiger partial charge on any atom is 0.223 e. The number of rotatable bonds is 7. The SMILES string of the molecule is CCCN(CCO)C(=O)CCc1nc2c(C)cccc2[nH]1. The molecular formula is C16H23N3O2. The molecule has 21 heavy (non-hydrogen) atoms. The zero-order valence-corrected chi connectivity index (χ0v) is 12.7. The van der Waals surface area contributed by atoms with Crippen molar-refractivity contribution < 1.29 is 9.90 Å². The highest BCUT2D eigenvalue weighted by Crippen LogP contribution is 2.16. The third-order valence-electron chi connectivity index (χ3n) is 3.56. The molecule has 2 rings (SSSR count). The van der Waals surface area contributed by atoms with Crippen LogP contribution in [0.25, 0.3) is 11.0 Å². The number of nitrogens with one attached hydrogen (secondary N) is 1. The Hall–Kier alpha value is -1.88. The van der Waals surface area contributed by atoms with Gasteiger partial charge in [0.25, 0.3) is 0 Å². The van der Waals surface area contributed by atoms with E-state index in [0.717, 1.165) is 28.8 Å². The topological polar surface area (TPSA) is 69.2 Å². The first-order valence-electron chi connectivity index (χ1n) is 7.48. The van der Waals surface area contributed by atoms with Gasteiger partial charge in [-0.05, 0) is 25.0 Å². The number of imidazole rings is 1. The number of H-pyrrole nitrogens is 1. The summed E-state index contributed by atoms with van der Waals surface area (Å²) in [5.74, 6) is 0.913. The van der Waals surface area contributed by atoms with Crippen LogP contribution in [0, 0.1) is 6.92 Å². The second-order valence-electron chi connectivity index (χ2n) is 5.26. The predicted molar refractivity (Wildman–Crippen MR) is 83.1 cm³/mol. The molecular weight excluding hydrogens is 266 g/mol. The third-order valence-corrected chi connectivity index (χ3v) is 3.56. The summed E-state index contributed by atoms with van der Waals surface area (Å²) in [6.45, 7) is 5.17. The molecule has 0 atom stereocenters. The number of aliphatic hydroxyl groups excluding tert-OH is 1. The molecule has 0 saturated carbocycles. The fourth-order valence-corrected chi connectivity index (χ4v) is 2.48. The van der Waals surface area contributed by atoms with E-state index in [1.165, 1.54) is 0 Å². The van der Waals surface area contributed by atoms with E-state index in [-0.39, 0.29) is 12.5 Å². The summed E-state index contributed by atoms with van der Waals surface area (Å²) in [6, 6.07) is 6.02. The molecule has 0 bridgehead atoms. The maximum absolute atomic E-state index is 12.2. The van der Waals surface area contributed by atoms with Gasteiger partial charge in [0.2, 0.25) is 5.91 Å². The number of fused-ring (bicyclic) bond motifs is 1. The molecule has 5 heteroatoms. The molecule has 0 spiro atoms. The van der Waals surface area contributed by atoms with Crippen molar-refractivity contribution in [3.05, 3.63) is 29.6 Å². The van der Waals surface area contributed by atoms with Crippen LogP contribution in [0.5, 0.6) is 0 Å². The highest BCUT2D eigenvalue weighted by atomic mass is 16.3. The van der Waals surface area contributed by atoms with Crippen LogP contribution < -0.4 is 0 Å². The van der Waals surface area contributed by atoms with Gasteiger partial charge in [-0.1, -0.05) is 19.1 Å². The predicted octanol–water partition coefficient (Wildman–Crippen LogP) is 2.03. The molecule has 0 fully saturated rings. The summed E-state index contributed by atoms with van der Waals surface area (Å²) in [5.41, 5.74) is 3.12. The van der Waals surface area contributed by atoms with Crippen LogP contribution in [-0.2, 0) is 11.2 Å². The maximum atomic E-state index is 12.2. The number of hydrogen-bond acceptors (Lipinski definition) is 3. The van der Waals surface area contributed by atoms with Crippen LogP contribution in [0.15, 0.2) is 18.2 Å². The minimum absolute atomic E-state index is 0.00950. The lowest BCUT2D eigenvalue weighted by Crippen LogP contribution is -2.34. The Kier molecular flexibility index (Phi) is 5.33. The lowest BCUT2D eigenvalue weighted by atomic mass is 10.2. The van der Waals surface area contributed by atoms with Crippen molar-refractivity contribution in [2.24, 2.45) is 0 Å². The fourth-order valence-electron chi connectivity index (χ4n) is 2.48. The summed E-state index contributed by atoms with van der Waals surface area (Å²) in [5, 5.41) is 9.01. The lowest BCUT2D eigenvalue weighted by molar-refractivity contribution is -0.131. The van der Waals surface area contributed by atoms with Crippen molar-refractivity contribution in [1.29, 1.82) is 0 Å². The summed E-state index contributed by atoms with van der Waals surface area (Å²) in [7, 11) is 0. The number of aryl methyl sites for hydroxylation is 2. The molecule has 1 heterocycles. The standard InChI is InChI=1S/C16H23N3O2/c1-3-9-19(10-11-20)15(21)8-7-14-17-13-6-4-5-12(2)16(13)18-14/h4-6,20H,3,7-11H2,1-2H3,(H,17,18). The van der Waals surface area contributed by atoms with Gasteiger partial charge >= 0.3 is 0 Å². The number of carbonyl (C=O) groups is 1. The average Bonchev–Trinajstić information content (AvgIpc) is 2.89. The van der Waals surface area contributed by atoms with Crippen LogP contribution in [0.4, 0.5) is 0 Å². The highest BCUT2D eigenvalue weighted by Gasteiger charge is 2.13. The molecule has 0 radical (unpaired) electrons.